The van der Waals surface area contributed by atoms with E-state index in [4.69, 9.17) is 28.9 Å². The smallest absolute Gasteiger partial charge is 0.119 e. The summed E-state index contributed by atoms with van der Waals surface area (Å²) in [6.07, 6.45) is 9.96. The summed E-state index contributed by atoms with van der Waals surface area (Å²) < 4.78 is 24.6. The Morgan fingerprint density at radius 1 is 0.286 bits per heavy atom. The normalized spacial score (nSPS) is 11.7. The SMILES string of the molecule is C1=Cc2nc1c(-c1ccccc1)c1ccc([nH]1)c(-c1cccc(OCCCOc3ccccc3)c1)c1nc(c(-c3ccccc3)c3ccc([nH]3)c2-c2cccc(OCCCOc3ccccc3)c2)C=C1. The molecule has 0 aliphatic carbocycles. The molecule has 0 atom stereocenters. The quantitative estimate of drug-likeness (QED) is 0.0938. The lowest BCUT2D eigenvalue weighted by Crippen LogP contribution is -2.05. The fraction of sp³-hybridized carbons (Fsp3) is 0.0968. The number of nitrogens with zero attached hydrogens (tertiary/aromatic N) is 2. The van der Waals surface area contributed by atoms with Crippen LogP contribution in [0.2, 0.25) is 0 Å². The van der Waals surface area contributed by atoms with Crippen LogP contribution in [0.15, 0.2) is 194 Å². The number of benzene rings is 6. The summed E-state index contributed by atoms with van der Waals surface area (Å²) in [5.41, 5.74) is 14.9. The van der Waals surface area contributed by atoms with E-state index in [-0.39, 0.29) is 0 Å². The van der Waals surface area contributed by atoms with Crippen molar-refractivity contribution in [1.29, 1.82) is 0 Å². The number of aromatic nitrogens is 4. The Labute approximate surface area is 407 Å². The summed E-state index contributed by atoms with van der Waals surface area (Å²) in [5, 5.41) is 0. The number of aromatic amines is 2. The van der Waals surface area contributed by atoms with E-state index in [1.165, 1.54) is 0 Å². The van der Waals surface area contributed by atoms with Crippen molar-refractivity contribution in [3.8, 4) is 67.5 Å². The Balaban J connectivity index is 1.05. The van der Waals surface area contributed by atoms with Gasteiger partial charge in [0.2, 0.25) is 0 Å². The van der Waals surface area contributed by atoms with Gasteiger partial charge in [-0.3, -0.25) is 0 Å². The molecule has 8 nitrogen and oxygen atoms in total. The number of para-hydroxylation sites is 2. The van der Waals surface area contributed by atoms with Crippen LogP contribution < -0.4 is 18.9 Å². The predicted octanol–water partition coefficient (Wildman–Crippen LogP) is 15.0. The third kappa shape index (κ3) is 9.75. The van der Waals surface area contributed by atoms with Crippen molar-refractivity contribution in [2.24, 2.45) is 0 Å². The minimum absolute atomic E-state index is 0.512. The standard InChI is InChI=1S/C62H50N4O4/c1-5-17-43(18-6-1)59-51-29-33-55(63-51)61(45-21-13-27-49(41-45)69-39-15-37-67-47-23-9-3-10-24-47)57-35-31-53(65-57)60(44-19-7-2-8-20-44)54-32-36-58(66-54)62(56-34-30-52(59)64-56)46-22-14-28-50(42-46)70-40-16-38-68-48-25-11-4-12-26-48/h1-14,17-36,41-42,63,66H,15-16,37-40H2. The summed E-state index contributed by atoms with van der Waals surface area (Å²) in [5.74, 6) is 3.25. The molecule has 6 aromatic carbocycles. The number of rotatable bonds is 16. The van der Waals surface area contributed by atoms with E-state index in [0.29, 0.717) is 26.4 Å². The van der Waals surface area contributed by atoms with Crippen LogP contribution in [0.3, 0.4) is 0 Å². The zero-order valence-electron chi connectivity index (χ0n) is 38.6. The highest BCUT2D eigenvalue weighted by atomic mass is 16.5. The molecule has 2 aliphatic heterocycles. The van der Waals surface area contributed by atoms with E-state index in [9.17, 15) is 0 Å². The Bertz CT molecular complexity index is 3260. The van der Waals surface area contributed by atoms with E-state index >= 15 is 0 Å². The van der Waals surface area contributed by atoms with E-state index in [1.54, 1.807) is 0 Å². The first-order valence-corrected chi connectivity index (χ1v) is 23.8. The van der Waals surface area contributed by atoms with Crippen LogP contribution in [-0.2, 0) is 0 Å². The van der Waals surface area contributed by atoms with Crippen molar-refractivity contribution >= 4 is 46.4 Å². The fourth-order valence-electron chi connectivity index (χ4n) is 9.02. The molecule has 0 radical (unpaired) electrons. The maximum Gasteiger partial charge on any atom is 0.119 e. The number of hydrogen-bond donors (Lipinski definition) is 2. The van der Waals surface area contributed by atoms with Crippen LogP contribution in [0.1, 0.15) is 35.6 Å². The van der Waals surface area contributed by atoms with Crippen LogP contribution in [0.4, 0.5) is 0 Å². The zero-order valence-corrected chi connectivity index (χ0v) is 38.6. The molecule has 0 saturated carbocycles. The number of hydrogen-bond acceptors (Lipinski definition) is 6. The van der Waals surface area contributed by atoms with Crippen molar-refractivity contribution in [3.05, 3.63) is 217 Å². The molecule has 0 unspecified atom stereocenters. The molecule has 5 heterocycles. The number of H-pyrrole nitrogens is 2. The minimum atomic E-state index is 0.512. The first kappa shape index (κ1) is 43.7. The Kier molecular flexibility index (Phi) is 12.8. The Hall–Kier alpha value is -8.88. The number of fused-ring (bicyclic) bond motifs is 8. The molecule has 0 amide bonds. The van der Waals surface area contributed by atoms with Gasteiger partial charge >= 0.3 is 0 Å². The highest BCUT2D eigenvalue weighted by Crippen LogP contribution is 2.39. The molecular weight excluding hydrogens is 865 g/mol. The van der Waals surface area contributed by atoms with Gasteiger partial charge in [-0.05, 0) is 119 Å². The molecular formula is C62H50N4O4. The Morgan fingerprint density at radius 3 is 0.929 bits per heavy atom. The molecule has 0 saturated heterocycles. The van der Waals surface area contributed by atoms with Crippen molar-refractivity contribution in [3.63, 3.8) is 0 Å². The molecule has 8 heteroatoms. The average molecular weight is 915 g/mol. The Morgan fingerprint density at radius 2 is 0.571 bits per heavy atom. The van der Waals surface area contributed by atoms with E-state index < -0.39 is 0 Å². The van der Waals surface area contributed by atoms with Gasteiger partial charge in [0.15, 0.2) is 0 Å². The maximum atomic E-state index is 6.35. The van der Waals surface area contributed by atoms with Gasteiger partial charge in [-0.2, -0.15) is 0 Å². The summed E-state index contributed by atoms with van der Waals surface area (Å²) in [6, 6.07) is 65.8. The second kappa shape index (κ2) is 20.6. The highest BCUT2D eigenvalue weighted by Gasteiger charge is 2.19. The molecule has 8 bridgehead atoms. The average Bonchev–Trinajstić information content (AvgIpc) is 4.27. The number of nitrogens with one attached hydrogen (secondary N) is 2. The largest absolute Gasteiger partial charge is 0.493 e. The third-order valence-corrected chi connectivity index (χ3v) is 12.3. The lowest BCUT2D eigenvalue weighted by molar-refractivity contribution is 0.247. The topological polar surface area (TPSA) is 94.3 Å². The van der Waals surface area contributed by atoms with Crippen molar-refractivity contribution < 1.29 is 18.9 Å². The third-order valence-electron chi connectivity index (χ3n) is 12.3. The molecule has 9 aromatic rings. The zero-order chi connectivity index (χ0) is 46.9. The fourth-order valence-corrected chi connectivity index (χ4v) is 9.02. The monoisotopic (exact) mass is 914 g/mol. The molecule has 342 valence electrons. The summed E-state index contributed by atoms with van der Waals surface area (Å²) in [6.45, 7) is 2.14. The summed E-state index contributed by atoms with van der Waals surface area (Å²) in [4.78, 5) is 18.7. The second-order valence-electron chi connectivity index (χ2n) is 17.0. The predicted molar refractivity (Wildman–Crippen MR) is 285 cm³/mol. The van der Waals surface area contributed by atoms with Gasteiger partial charge < -0.3 is 28.9 Å². The first-order valence-electron chi connectivity index (χ1n) is 23.8. The van der Waals surface area contributed by atoms with Gasteiger partial charge in [0.1, 0.15) is 23.0 Å². The minimum Gasteiger partial charge on any atom is -0.493 e. The van der Waals surface area contributed by atoms with Gasteiger partial charge in [0.05, 0.1) is 49.2 Å². The van der Waals surface area contributed by atoms with E-state index in [0.717, 1.165) is 125 Å². The second-order valence-corrected chi connectivity index (χ2v) is 17.0. The van der Waals surface area contributed by atoms with E-state index in [2.05, 4.69) is 131 Å². The highest BCUT2D eigenvalue weighted by molar-refractivity contribution is 6.00. The lowest BCUT2D eigenvalue weighted by Gasteiger charge is -2.10. The molecule has 0 fully saturated rings. The maximum absolute atomic E-state index is 6.35. The molecule has 2 N–H and O–H groups in total. The lowest BCUT2D eigenvalue weighted by atomic mass is 10.0. The van der Waals surface area contributed by atoms with Crippen LogP contribution in [0.25, 0.3) is 90.9 Å². The van der Waals surface area contributed by atoms with E-state index in [1.807, 2.05) is 97.1 Å². The molecule has 0 spiro atoms. The van der Waals surface area contributed by atoms with Crippen LogP contribution in [0, 0.1) is 0 Å². The van der Waals surface area contributed by atoms with Gasteiger partial charge in [-0.15, -0.1) is 0 Å². The van der Waals surface area contributed by atoms with Gasteiger partial charge in [-0.1, -0.05) is 121 Å². The molecule has 2 aliphatic rings. The first-order chi connectivity index (χ1) is 34.7. The summed E-state index contributed by atoms with van der Waals surface area (Å²) in [7, 11) is 0. The van der Waals surface area contributed by atoms with Gasteiger partial charge in [0, 0.05) is 57.2 Å². The van der Waals surface area contributed by atoms with Crippen molar-refractivity contribution in [2.45, 2.75) is 12.8 Å². The van der Waals surface area contributed by atoms with Gasteiger partial charge in [-0.25, -0.2) is 9.97 Å². The number of ether oxygens (including phenoxy) is 4. The van der Waals surface area contributed by atoms with Crippen LogP contribution >= 0.6 is 0 Å². The van der Waals surface area contributed by atoms with Gasteiger partial charge in [0.25, 0.3) is 0 Å². The molecule has 70 heavy (non-hydrogen) atoms. The van der Waals surface area contributed by atoms with Crippen molar-refractivity contribution in [2.75, 3.05) is 26.4 Å². The van der Waals surface area contributed by atoms with Crippen LogP contribution in [-0.4, -0.2) is 46.4 Å². The van der Waals surface area contributed by atoms with Crippen LogP contribution in [0.5, 0.6) is 23.0 Å². The molecule has 3 aromatic heterocycles. The van der Waals surface area contributed by atoms with Crippen molar-refractivity contribution in [1.82, 2.24) is 19.9 Å². The summed E-state index contributed by atoms with van der Waals surface area (Å²) >= 11 is 0. The molecule has 11 rings (SSSR count).